The molecule has 2 aromatic carbocycles. The van der Waals surface area contributed by atoms with Crippen LogP contribution in [0.1, 0.15) is 52.6 Å². The molecular weight excluding hydrogens is 448 g/mol. The van der Waals surface area contributed by atoms with Crippen LogP contribution in [0.15, 0.2) is 42.5 Å². The number of amides is 2. The molecule has 0 saturated heterocycles. The Kier molecular flexibility index (Phi) is 6.04. The zero-order valence-electron chi connectivity index (χ0n) is 17.6. The lowest BCUT2D eigenvalue weighted by Crippen LogP contribution is -2.36. The standard InChI is InChI=1S/C24H21ClN2O4S/c1-13-3-8-17(14(2)11-13)23(29)27-10-9-18-19(12-27)32-22(20(18)24(30)31)26-21(28)15-4-6-16(25)7-5-15/h3-8,11H,9-10,12H2,1-2H3,(H,26,28)(H,30,31). The van der Waals surface area contributed by atoms with E-state index in [1.807, 2.05) is 32.0 Å². The van der Waals surface area contributed by atoms with Gasteiger partial charge < -0.3 is 15.3 Å². The smallest absolute Gasteiger partial charge is 0.339 e. The zero-order chi connectivity index (χ0) is 23.0. The van der Waals surface area contributed by atoms with Gasteiger partial charge in [-0.2, -0.15) is 0 Å². The predicted octanol–water partition coefficient (Wildman–Crippen LogP) is 5.17. The number of nitrogens with one attached hydrogen (secondary N) is 1. The maximum Gasteiger partial charge on any atom is 0.339 e. The largest absolute Gasteiger partial charge is 0.478 e. The molecule has 1 aliphatic rings. The van der Waals surface area contributed by atoms with Gasteiger partial charge in [0, 0.05) is 27.6 Å². The molecule has 0 radical (unpaired) electrons. The van der Waals surface area contributed by atoms with E-state index in [-0.39, 0.29) is 16.5 Å². The molecule has 0 fully saturated rings. The summed E-state index contributed by atoms with van der Waals surface area (Å²) in [6, 6.07) is 12.1. The average molecular weight is 469 g/mol. The number of nitrogens with zero attached hydrogens (tertiary/aromatic N) is 1. The molecule has 0 spiro atoms. The molecule has 8 heteroatoms. The zero-order valence-corrected chi connectivity index (χ0v) is 19.1. The number of halogens is 1. The summed E-state index contributed by atoms with van der Waals surface area (Å²) in [4.78, 5) is 40.2. The van der Waals surface area contributed by atoms with E-state index >= 15 is 0 Å². The van der Waals surface area contributed by atoms with Crippen LogP contribution < -0.4 is 5.32 Å². The van der Waals surface area contributed by atoms with Crippen LogP contribution >= 0.6 is 22.9 Å². The molecule has 0 saturated carbocycles. The second-order valence-corrected chi connectivity index (χ2v) is 9.31. The highest BCUT2D eigenvalue weighted by atomic mass is 35.5. The van der Waals surface area contributed by atoms with Gasteiger partial charge in [0.2, 0.25) is 0 Å². The van der Waals surface area contributed by atoms with E-state index in [9.17, 15) is 19.5 Å². The van der Waals surface area contributed by atoms with Crippen molar-refractivity contribution in [3.05, 3.63) is 85.7 Å². The van der Waals surface area contributed by atoms with Crippen LogP contribution in [0.5, 0.6) is 0 Å². The lowest BCUT2D eigenvalue weighted by atomic mass is 10.0. The topological polar surface area (TPSA) is 86.7 Å². The highest BCUT2D eigenvalue weighted by Gasteiger charge is 2.31. The fourth-order valence-corrected chi connectivity index (χ4v) is 5.27. The number of carbonyl (C=O) groups is 3. The Bertz CT molecular complexity index is 1230. The minimum Gasteiger partial charge on any atom is -0.478 e. The van der Waals surface area contributed by atoms with Gasteiger partial charge in [0.25, 0.3) is 11.8 Å². The van der Waals surface area contributed by atoms with Gasteiger partial charge in [-0.15, -0.1) is 11.3 Å². The quantitative estimate of drug-likeness (QED) is 0.553. The first-order valence-corrected chi connectivity index (χ1v) is 11.3. The van der Waals surface area contributed by atoms with Crippen LogP contribution in [0.25, 0.3) is 0 Å². The molecule has 6 nitrogen and oxygen atoms in total. The Labute approximate surface area is 194 Å². The Morgan fingerprint density at radius 2 is 1.81 bits per heavy atom. The molecule has 1 aliphatic heterocycles. The molecule has 3 aromatic rings. The van der Waals surface area contributed by atoms with Gasteiger partial charge in [0.1, 0.15) is 5.00 Å². The average Bonchev–Trinajstić information content (AvgIpc) is 3.10. The van der Waals surface area contributed by atoms with Gasteiger partial charge in [-0.05, 0) is 61.7 Å². The van der Waals surface area contributed by atoms with Crippen molar-refractivity contribution >= 4 is 45.7 Å². The molecule has 0 atom stereocenters. The van der Waals surface area contributed by atoms with Crippen molar-refractivity contribution in [3.63, 3.8) is 0 Å². The van der Waals surface area contributed by atoms with Crippen LogP contribution in [0, 0.1) is 13.8 Å². The lowest BCUT2D eigenvalue weighted by Gasteiger charge is -2.27. The van der Waals surface area contributed by atoms with E-state index in [0.717, 1.165) is 16.0 Å². The van der Waals surface area contributed by atoms with Crippen LogP contribution in [0.2, 0.25) is 5.02 Å². The fraction of sp³-hybridized carbons (Fsp3) is 0.208. The Balaban J connectivity index is 1.60. The Morgan fingerprint density at radius 1 is 1.09 bits per heavy atom. The molecule has 2 N–H and O–H groups in total. The number of carboxylic acid groups (broad SMARTS) is 1. The van der Waals surface area contributed by atoms with Gasteiger partial charge in [-0.1, -0.05) is 29.3 Å². The molecule has 2 amide bonds. The third-order valence-corrected chi connectivity index (χ3v) is 6.89. The van der Waals surface area contributed by atoms with E-state index in [4.69, 9.17) is 11.6 Å². The van der Waals surface area contributed by atoms with E-state index in [0.29, 0.717) is 41.2 Å². The molecule has 0 bridgehead atoms. The highest BCUT2D eigenvalue weighted by molar-refractivity contribution is 7.17. The van der Waals surface area contributed by atoms with Crippen molar-refractivity contribution in [1.82, 2.24) is 4.90 Å². The van der Waals surface area contributed by atoms with E-state index in [1.54, 1.807) is 29.2 Å². The normalized spacial score (nSPS) is 12.9. The van der Waals surface area contributed by atoms with Crippen LogP contribution in [0.4, 0.5) is 5.00 Å². The van der Waals surface area contributed by atoms with E-state index in [1.165, 1.54) is 11.3 Å². The van der Waals surface area contributed by atoms with Gasteiger partial charge in [0.05, 0.1) is 12.1 Å². The number of aryl methyl sites for hydroxylation is 2. The predicted molar refractivity (Wildman–Crippen MR) is 125 cm³/mol. The first kappa shape index (κ1) is 22.0. The Hall–Kier alpha value is -3.16. The van der Waals surface area contributed by atoms with Gasteiger partial charge in [0.15, 0.2) is 0 Å². The summed E-state index contributed by atoms with van der Waals surface area (Å²) in [5.41, 5.74) is 3.80. The number of carboxylic acids is 1. The molecule has 0 unspecified atom stereocenters. The van der Waals surface area contributed by atoms with Crippen molar-refractivity contribution in [3.8, 4) is 0 Å². The molecule has 0 aliphatic carbocycles. The van der Waals surface area contributed by atoms with Gasteiger partial charge in [-0.25, -0.2) is 4.79 Å². The van der Waals surface area contributed by atoms with Crippen molar-refractivity contribution in [2.45, 2.75) is 26.8 Å². The Morgan fingerprint density at radius 3 is 2.47 bits per heavy atom. The van der Waals surface area contributed by atoms with Gasteiger partial charge >= 0.3 is 5.97 Å². The number of thiophene rings is 1. The molecular formula is C24H21ClN2O4S. The highest BCUT2D eigenvalue weighted by Crippen LogP contribution is 2.38. The number of benzene rings is 2. The van der Waals surface area contributed by atoms with Crippen molar-refractivity contribution in [2.24, 2.45) is 0 Å². The minimum atomic E-state index is -1.09. The third-order valence-electron chi connectivity index (χ3n) is 5.50. The third kappa shape index (κ3) is 4.26. The van der Waals surface area contributed by atoms with E-state index in [2.05, 4.69) is 5.32 Å². The SMILES string of the molecule is Cc1ccc(C(=O)N2CCc3c(sc(NC(=O)c4ccc(Cl)cc4)c3C(=O)O)C2)c(C)c1. The van der Waals surface area contributed by atoms with Crippen LogP contribution in [-0.2, 0) is 13.0 Å². The summed E-state index contributed by atoms with van der Waals surface area (Å²) in [5.74, 6) is -1.58. The van der Waals surface area contributed by atoms with Crippen molar-refractivity contribution in [2.75, 3.05) is 11.9 Å². The van der Waals surface area contributed by atoms with Crippen molar-refractivity contribution < 1.29 is 19.5 Å². The summed E-state index contributed by atoms with van der Waals surface area (Å²) >= 11 is 7.08. The summed E-state index contributed by atoms with van der Waals surface area (Å²) in [5, 5.41) is 13.3. The first-order chi connectivity index (χ1) is 15.2. The number of hydrogen-bond donors (Lipinski definition) is 2. The molecule has 32 heavy (non-hydrogen) atoms. The van der Waals surface area contributed by atoms with E-state index < -0.39 is 11.9 Å². The molecule has 1 aromatic heterocycles. The number of aromatic carboxylic acids is 1. The summed E-state index contributed by atoms with van der Waals surface area (Å²) in [6.45, 7) is 4.62. The minimum absolute atomic E-state index is 0.0785. The van der Waals surface area contributed by atoms with Crippen LogP contribution in [-0.4, -0.2) is 34.3 Å². The maximum atomic E-state index is 13.1. The second-order valence-electron chi connectivity index (χ2n) is 7.77. The first-order valence-electron chi connectivity index (χ1n) is 10.1. The van der Waals surface area contributed by atoms with Crippen LogP contribution in [0.3, 0.4) is 0 Å². The lowest BCUT2D eigenvalue weighted by molar-refractivity contribution is 0.0696. The summed E-state index contributed by atoms with van der Waals surface area (Å²) in [6.07, 6.45) is 0.418. The number of fused-ring (bicyclic) bond motifs is 1. The monoisotopic (exact) mass is 468 g/mol. The molecule has 4 rings (SSSR count). The summed E-state index contributed by atoms with van der Waals surface area (Å²) < 4.78 is 0. The maximum absolute atomic E-state index is 13.1. The number of anilines is 1. The number of hydrogen-bond acceptors (Lipinski definition) is 4. The fourth-order valence-electron chi connectivity index (χ4n) is 3.89. The molecule has 164 valence electrons. The number of rotatable bonds is 4. The number of carbonyl (C=O) groups excluding carboxylic acids is 2. The molecule has 2 heterocycles. The van der Waals surface area contributed by atoms with Gasteiger partial charge in [-0.3, -0.25) is 9.59 Å². The summed E-state index contributed by atoms with van der Waals surface area (Å²) in [7, 11) is 0. The van der Waals surface area contributed by atoms with Crippen molar-refractivity contribution in [1.29, 1.82) is 0 Å². The second kappa shape index (κ2) is 8.76.